The summed E-state index contributed by atoms with van der Waals surface area (Å²) in [5, 5.41) is 8.25. The van der Waals surface area contributed by atoms with Crippen molar-refractivity contribution in [3.8, 4) is 5.69 Å². The third kappa shape index (κ3) is 6.66. The number of primary sulfonamides is 1. The predicted octanol–water partition coefficient (Wildman–Crippen LogP) is 3.37. The maximum absolute atomic E-state index is 15.1. The highest BCUT2D eigenvalue weighted by Gasteiger charge is 2.32. The fraction of sp³-hybridized carbons (Fsp3) is 0.400. The largest absolute Gasteiger partial charge is 0.370 e. The van der Waals surface area contributed by atoms with E-state index in [-0.39, 0.29) is 39.6 Å². The molecule has 1 saturated heterocycles. The van der Waals surface area contributed by atoms with Crippen LogP contribution in [0.25, 0.3) is 16.7 Å². The predicted molar refractivity (Wildman–Crippen MR) is 173 cm³/mol. The molecular weight excluding hydrogens is 637 g/mol. The Hall–Kier alpha value is -4.21. The molecule has 1 unspecified atom stereocenters. The number of hydrogen-bond acceptors (Lipinski definition) is 10. The number of hydrogen-bond donors (Lipinski definition) is 2. The number of carbonyl (C=O) groups excluding carboxylic acids is 1. The van der Waals surface area contributed by atoms with E-state index in [1.54, 1.807) is 24.1 Å². The van der Waals surface area contributed by atoms with Crippen molar-refractivity contribution in [1.82, 2.24) is 29.4 Å². The van der Waals surface area contributed by atoms with Crippen molar-refractivity contribution in [1.29, 1.82) is 0 Å². The van der Waals surface area contributed by atoms with Crippen LogP contribution in [0.15, 0.2) is 46.3 Å². The van der Waals surface area contributed by atoms with Crippen molar-refractivity contribution >= 4 is 50.2 Å². The molecule has 3 N–H and O–H groups in total. The van der Waals surface area contributed by atoms with Crippen molar-refractivity contribution in [2.75, 3.05) is 36.4 Å². The van der Waals surface area contributed by atoms with E-state index in [2.05, 4.69) is 25.3 Å². The molecule has 0 spiro atoms. The molecule has 4 aromatic heterocycles. The van der Waals surface area contributed by atoms with Gasteiger partial charge in [0.05, 0.1) is 21.7 Å². The lowest BCUT2D eigenvalue weighted by Crippen LogP contribution is -2.56. The van der Waals surface area contributed by atoms with Gasteiger partial charge in [-0.3, -0.25) is 9.78 Å². The molecule has 0 aromatic carbocycles. The average molecular weight is 672 g/mol. The molecule has 1 atom stereocenters. The second-order valence-corrected chi connectivity index (χ2v) is 13.3. The zero-order chi connectivity index (χ0) is 33.3. The van der Waals surface area contributed by atoms with Gasteiger partial charge in [0.15, 0.2) is 16.6 Å². The van der Waals surface area contributed by atoms with Crippen LogP contribution < -0.4 is 21.0 Å². The van der Waals surface area contributed by atoms with Crippen LogP contribution >= 0.6 is 11.6 Å². The summed E-state index contributed by atoms with van der Waals surface area (Å²) >= 11 is 6.19. The van der Waals surface area contributed by atoms with Crippen molar-refractivity contribution in [3.05, 3.63) is 69.4 Å². The summed E-state index contributed by atoms with van der Waals surface area (Å²) in [6.07, 6.45) is 3.75. The Morgan fingerprint density at radius 2 is 1.91 bits per heavy atom. The number of amides is 1. The van der Waals surface area contributed by atoms with Gasteiger partial charge in [0, 0.05) is 57.1 Å². The Bertz CT molecular complexity index is 1970. The molecule has 0 aliphatic carbocycles. The molecule has 244 valence electrons. The topological polar surface area (TPSA) is 169 Å². The summed E-state index contributed by atoms with van der Waals surface area (Å²) in [7, 11) is -3.92. The lowest BCUT2D eigenvalue weighted by molar-refractivity contribution is -0.131. The van der Waals surface area contributed by atoms with Gasteiger partial charge in [-0.25, -0.2) is 37.3 Å². The number of rotatable bonds is 9. The van der Waals surface area contributed by atoms with Gasteiger partial charge in [-0.05, 0) is 43.0 Å². The van der Waals surface area contributed by atoms with Gasteiger partial charge in [-0.2, -0.15) is 4.98 Å². The smallest absolute Gasteiger partial charge is 0.355 e. The maximum Gasteiger partial charge on any atom is 0.355 e. The number of aromatic nitrogens is 5. The van der Waals surface area contributed by atoms with Crippen LogP contribution in [0.4, 0.5) is 16.0 Å². The number of nitrogens with one attached hydrogen (secondary N) is 1. The summed E-state index contributed by atoms with van der Waals surface area (Å²) in [6.45, 7) is 8.85. The van der Waals surface area contributed by atoms with Gasteiger partial charge in [0.25, 0.3) is 0 Å². The van der Waals surface area contributed by atoms with Gasteiger partial charge in [0.2, 0.25) is 15.9 Å². The zero-order valence-corrected chi connectivity index (χ0v) is 27.4. The van der Waals surface area contributed by atoms with Gasteiger partial charge < -0.3 is 15.1 Å². The zero-order valence-electron chi connectivity index (χ0n) is 25.9. The normalized spacial score (nSPS) is 15.5. The van der Waals surface area contributed by atoms with Gasteiger partial charge >= 0.3 is 5.69 Å². The summed E-state index contributed by atoms with van der Waals surface area (Å²) in [4.78, 5) is 47.7. The molecule has 4 aromatic rings. The molecule has 46 heavy (non-hydrogen) atoms. The summed E-state index contributed by atoms with van der Waals surface area (Å²) in [6, 6.07) is 5.27. The van der Waals surface area contributed by atoms with Crippen molar-refractivity contribution in [2.24, 2.45) is 5.14 Å². The van der Waals surface area contributed by atoms with Gasteiger partial charge in [0.1, 0.15) is 11.6 Å². The lowest BCUT2D eigenvalue weighted by atomic mass is 10.0. The number of anilines is 2. The molecule has 13 nitrogen and oxygen atoms in total. The summed E-state index contributed by atoms with van der Waals surface area (Å²) in [5.74, 6) is -0.326. The Kier molecular flexibility index (Phi) is 9.56. The lowest BCUT2D eigenvalue weighted by Gasteiger charge is -2.42. The SMILES string of the molecule is CCC(=O)N1CCN(c2nc(=O)n(-c3c(C)ccnc3C(C)C)c3nc(Cl)c(F)cc23)C(CCNc2cc(S(N)(=O)=O)ccn2)C1. The highest BCUT2D eigenvalue weighted by atomic mass is 35.5. The van der Waals surface area contributed by atoms with Crippen LogP contribution in [-0.2, 0) is 14.8 Å². The third-order valence-corrected chi connectivity index (χ3v) is 9.11. The number of sulfonamides is 1. The molecule has 1 aliphatic heterocycles. The van der Waals surface area contributed by atoms with E-state index >= 15 is 4.39 Å². The van der Waals surface area contributed by atoms with Gasteiger partial charge in [-0.15, -0.1) is 0 Å². The molecule has 0 bridgehead atoms. The molecule has 16 heteroatoms. The second kappa shape index (κ2) is 13.3. The Morgan fingerprint density at radius 3 is 2.61 bits per heavy atom. The van der Waals surface area contributed by atoms with Crippen LogP contribution in [0.1, 0.15) is 50.8 Å². The second-order valence-electron chi connectivity index (χ2n) is 11.4. The first kappa shape index (κ1) is 33.2. The minimum atomic E-state index is -3.92. The minimum Gasteiger partial charge on any atom is -0.370 e. The van der Waals surface area contributed by atoms with Crippen LogP contribution in [0.2, 0.25) is 5.15 Å². The van der Waals surface area contributed by atoms with E-state index in [4.69, 9.17) is 16.7 Å². The van der Waals surface area contributed by atoms with Crippen LogP contribution in [0, 0.1) is 12.7 Å². The van der Waals surface area contributed by atoms with E-state index in [0.29, 0.717) is 56.2 Å². The van der Waals surface area contributed by atoms with Crippen LogP contribution in [-0.4, -0.2) is 75.9 Å². The molecule has 1 amide bonds. The number of nitrogens with zero attached hydrogens (tertiary/aromatic N) is 7. The first-order chi connectivity index (χ1) is 21.8. The molecule has 5 rings (SSSR count). The van der Waals surface area contributed by atoms with E-state index in [1.807, 2.05) is 25.7 Å². The van der Waals surface area contributed by atoms with Crippen LogP contribution in [0.5, 0.6) is 0 Å². The van der Waals surface area contributed by atoms with E-state index < -0.39 is 26.7 Å². The number of pyridine rings is 3. The Morgan fingerprint density at radius 1 is 1.17 bits per heavy atom. The number of aryl methyl sites for hydroxylation is 1. The van der Waals surface area contributed by atoms with Crippen molar-refractivity contribution in [2.45, 2.75) is 57.4 Å². The molecule has 1 aliphatic rings. The fourth-order valence-corrected chi connectivity index (χ4v) is 6.33. The number of piperazine rings is 1. The molecule has 1 fully saturated rings. The minimum absolute atomic E-state index is 0.0267. The van der Waals surface area contributed by atoms with Crippen molar-refractivity contribution in [3.63, 3.8) is 0 Å². The van der Waals surface area contributed by atoms with E-state index in [9.17, 15) is 18.0 Å². The first-order valence-electron chi connectivity index (χ1n) is 14.8. The number of carbonyl (C=O) groups is 1. The monoisotopic (exact) mass is 671 g/mol. The van der Waals surface area contributed by atoms with E-state index in [1.165, 1.54) is 29.0 Å². The van der Waals surface area contributed by atoms with Crippen LogP contribution in [0.3, 0.4) is 0 Å². The quantitative estimate of drug-likeness (QED) is 0.252. The first-order valence-corrected chi connectivity index (χ1v) is 16.7. The summed E-state index contributed by atoms with van der Waals surface area (Å²) < 4.78 is 40.0. The highest BCUT2D eigenvalue weighted by Crippen LogP contribution is 2.32. The Balaban J connectivity index is 1.59. The van der Waals surface area contributed by atoms with E-state index in [0.717, 1.165) is 5.56 Å². The molecule has 5 heterocycles. The fourth-order valence-electron chi connectivity index (χ4n) is 5.67. The molecule has 0 saturated carbocycles. The number of fused-ring (bicyclic) bond motifs is 1. The maximum atomic E-state index is 15.1. The number of halogens is 2. The number of nitrogens with two attached hydrogens (primary N) is 1. The highest BCUT2D eigenvalue weighted by molar-refractivity contribution is 7.89. The summed E-state index contributed by atoms with van der Waals surface area (Å²) in [5.41, 5.74) is 1.41. The average Bonchev–Trinajstić information content (AvgIpc) is 3.01. The Labute approximate surface area is 270 Å². The standard InChI is InChI=1S/C30H35ClFN9O4S/c1-5-24(42)39-12-13-40(19(16-39)7-10-34-23-14-20(8-11-35-23)46(33,44)45)28-21-15-22(32)27(31)37-29(21)41(30(43)38-28)26-18(4)6-9-36-25(26)17(2)3/h6,8-9,11,14-15,17,19H,5,7,10,12-13,16H2,1-4H3,(H,34,35)(H2,33,44,45). The van der Waals surface area contributed by atoms with Crippen molar-refractivity contribution < 1.29 is 17.6 Å². The van der Waals surface area contributed by atoms with Gasteiger partial charge in [-0.1, -0.05) is 32.4 Å². The third-order valence-electron chi connectivity index (χ3n) is 7.94. The molecule has 0 radical (unpaired) electrons. The molecular formula is C30H35ClFN9O4S.